The normalized spacial score (nSPS) is 11.7. The Balaban J connectivity index is 1.91. The third-order valence-electron chi connectivity index (χ3n) is 2.88. The molecule has 0 aliphatic heterocycles. The molecule has 1 nitrogen and oxygen atoms in total. The Labute approximate surface area is 121 Å². The van der Waals surface area contributed by atoms with E-state index in [1.165, 1.54) is 14.9 Å². The predicted molar refractivity (Wildman–Crippen MR) is 83.1 cm³/mol. The third-order valence-corrected chi connectivity index (χ3v) is 4.43. The van der Waals surface area contributed by atoms with Crippen LogP contribution in [0.2, 0.25) is 0 Å². The zero-order valence-electron chi connectivity index (χ0n) is 10.7. The molecule has 0 saturated carbocycles. The fourth-order valence-electron chi connectivity index (χ4n) is 1.95. The van der Waals surface area contributed by atoms with Gasteiger partial charge in [-0.15, -0.1) is 11.3 Å². The lowest BCUT2D eigenvalue weighted by molar-refractivity contribution is 0.384. The number of benzene rings is 1. The maximum Gasteiger partial charge on any atom is 0.0701 e. The molecule has 1 aromatic carbocycles. The van der Waals surface area contributed by atoms with Crippen LogP contribution in [0, 0.1) is 0 Å². The molecule has 3 heteroatoms. The smallest absolute Gasteiger partial charge is 0.0701 e. The average molecular weight is 324 g/mol. The highest BCUT2D eigenvalue weighted by molar-refractivity contribution is 9.11. The van der Waals surface area contributed by atoms with Crippen molar-refractivity contribution < 1.29 is 0 Å². The zero-order chi connectivity index (χ0) is 13.0. The highest BCUT2D eigenvalue weighted by Gasteiger charge is 2.17. The highest BCUT2D eigenvalue weighted by Crippen LogP contribution is 2.21. The second-order valence-electron chi connectivity index (χ2n) is 5.16. The van der Waals surface area contributed by atoms with Crippen molar-refractivity contribution >= 4 is 27.3 Å². The molecule has 0 amide bonds. The van der Waals surface area contributed by atoms with Crippen LogP contribution >= 0.6 is 27.3 Å². The van der Waals surface area contributed by atoms with Crippen LogP contribution in [0.1, 0.15) is 25.0 Å². The second-order valence-corrected chi connectivity index (χ2v) is 7.45. The van der Waals surface area contributed by atoms with Crippen LogP contribution in [0.5, 0.6) is 0 Å². The van der Waals surface area contributed by atoms with E-state index >= 15 is 0 Å². The van der Waals surface area contributed by atoms with Gasteiger partial charge in [-0.3, -0.25) is 0 Å². The fraction of sp³-hybridized carbons (Fsp3) is 0.333. The molecular weight excluding hydrogens is 306 g/mol. The number of halogens is 1. The monoisotopic (exact) mass is 323 g/mol. The average Bonchev–Trinajstić information content (AvgIpc) is 2.74. The topological polar surface area (TPSA) is 12.0 Å². The minimum atomic E-state index is 0.107. The standard InChI is InChI=1S/C15H18BrNS/c1-15(2,9-12-6-4-3-5-7-12)17-10-13-8-14(16)18-11-13/h3-8,11,17H,9-10H2,1-2H3. The molecule has 18 heavy (non-hydrogen) atoms. The summed E-state index contributed by atoms with van der Waals surface area (Å²) in [5.74, 6) is 0. The van der Waals surface area contributed by atoms with Gasteiger partial charge in [0, 0.05) is 12.1 Å². The lowest BCUT2D eigenvalue weighted by Gasteiger charge is -2.26. The molecule has 0 aliphatic rings. The summed E-state index contributed by atoms with van der Waals surface area (Å²) in [6.45, 7) is 5.42. The molecule has 0 saturated heterocycles. The quantitative estimate of drug-likeness (QED) is 0.846. The highest BCUT2D eigenvalue weighted by atomic mass is 79.9. The molecule has 2 aromatic rings. The van der Waals surface area contributed by atoms with Gasteiger partial charge in [0.2, 0.25) is 0 Å². The summed E-state index contributed by atoms with van der Waals surface area (Å²) in [4.78, 5) is 0. The van der Waals surface area contributed by atoms with E-state index in [1.54, 1.807) is 11.3 Å². The van der Waals surface area contributed by atoms with Gasteiger partial charge < -0.3 is 5.32 Å². The van der Waals surface area contributed by atoms with Gasteiger partial charge >= 0.3 is 0 Å². The molecule has 0 spiro atoms. The SMILES string of the molecule is CC(C)(Cc1ccccc1)NCc1csc(Br)c1. The Morgan fingerprint density at radius 1 is 1.17 bits per heavy atom. The van der Waals surface area contributed by atoms with Crippen molar-refractivity contribution in [3.05, 3.63) is 56.7 Å². The Bertz CT molecular complexity index is 490. The lowest BCUT2D eigenvalue weighted by atomic mass is 9.95. The van der Waals surface area contributed by atoms with E-state index in [4.69, 9.17) is 0 Å². The Morgan fingerprint density at radius 3 is 2.50 bits per heavy atom. The number of hydrogen-bond acceptors (Lipinski definition) is 2. The Hall–Kier alpha value is -0.640. The van der Waals surface area contributed by atoms with Crippen LogP contribution in [0.15, 0.2) is 45.6 Å². The lowest BCUT2D eigenvalue weighted by Crippen LogP contribution is -2.40. The summed E-state index contributed by atoms with van der Waals surface area (Å²) in [7, 11) is 0. The molecule has 2 rings (SSSR count). The summed E-state index contributed by atoms with van der Waals surface area (Å²) in [5.41, 5.74) is 2.82. The van der Waals surface area contributed by atoms with E-state index in [9.17, 15) is 0 Å². The van der Waals surface area contributed by atoms with E-state index in [2.05, 4.69) is 76.9 Å². The van der Waals surface area contributed by atoms with Crippen molar-refractivity contribution in [2.45, 2.75) is 32.4 Å². The van der Waals surface area contributed by atoms with Crippen molar-refractivity contribution in [2.75, 3.05) is 0 Å². The Morgan fingerprint density at radius 2 is 1.89 bits per heavy atom. The molecule has 1 aromatic heterocycles. The van der Waals surface area contributed by atoms with E-state index in [1.807, 2.05) is 0 Å². The first-order chi connectivity index (χ1) is 8.55. The summed E-state index contributed by atoms with van der Waals surface area (Å²) in [6.07, 6.45) is 1.04. The molecule has 0 fully saturated rings. The van der Waals surface area contributed by atoms with Crippen molar-refractivity contribution in [1.82, 2.24) is 5.32 Å². The summed E-state index contributed by atoms with van der Waals surface area (Å²) in [5, 5.41) is 5.81. The second kappa shape index (κ2) is 6.00. The van der Waals surface area contributed by atoms with Gasteiger partial charge in [-0.2, -0.15) is 0 Å². The first-order valence-corrected chi connectivity index (χ1v) is 7.74. The van der Waals surface area contributed by atoms with Crippen molar-refractivity contribution in [3.8, 4) is 0 Å². The first kappa shape index (κ1) is 13.8. The first-order valence-electron chi connectivity index (χ1n) is 6.07. The number of rotatable bonds is 5. The molecule has 0 atom stereocenters. The van der Waals surface area contributed by atoms with Crippen LogP contribution in [-0.4, -0.2) is 5.54 Å². The minimum Gasteiger partial charge on any atom is -0.307 e. The van der Waals surface area contributed by atoms with Gasteiger partial charge in [0.25, 0.3) is 0 Å². The van der Waals surface area contributed by atoms with E-state index < -0.39 is 0 Å². The molecular formula is C15H18BrNS. The van der Waals surface area contributed by atoms with Crippen molar-refractivity contribution in [1.29, 1.82) is 0 Å². The van der Waals surface area contributed by atoms with Gasteiger partial charge in [-0.05, 0) is 58.8 Å². The van der Waals surface area contributed by atoms with Gasteiger partial charge in [-0.1, -0.05) is 30.3 Å². The number of nitrogens with one attached hydrogen (secondary N) is 1. The van der Waals surface area contributed by atoms with E-state index in [-0.39, 0.29) is 5.54 Å². The van der Waals surface area contributed by atoms with Crippen LogP contribution < -0.4 is 5.32 Å². The summed E-state index contributed by atoms with van der Waals surface area (Å²) < 4.78 is 1.19. The third kappa shape index (κ3) is 4.23. The molecule has 0 radical (unpaired) electrons. The molecule has 0 unspecified atom stereocenters. The van der Waals surface area contributed by atoms with Crippen molar-refractivity contribution in [3.63, 3.8) is 0 Å². The Kier molecular flexibility index (Phi) is 4.60. The summed E-state index contributed by atoms with van der Waals surface area (Å²) >= 11 is 5.23. The van der Waals surface area contributed by atoms with Crippen LogP contribution in [-0.2, 0) is 13.0 Å². The predicted octanol–water partition coefficient (Wildman–Crippen LogP) is 4.62. The maximum atomic E-state index is 3.62. The summed E-state index contributed by atoms with van der Waals surface area (Å²) in [6, 6.07) is 12.8. The number of hydrogen-bond donors (Lipinski definition) is 1. The molecule has 1 heterocycles. The van der Waals surface area contributed by atoms with Gasteiger partial charge in [0.15, 0.2) is 0 Å². The van der Waals surface area contributed by atoms with Gasteiger partial charge in [-0.25, -0.2) is 0 Å². The fourth-order valence-corrected chi connectivity index (χ4v) is 3.16. The molecule has 1 N–H and O–H groups in total. The zero-order valence-corrected chi connectivity index (χ0v) is 13.1. The van der Waals surface area contributed by atoms with Crippen LogP contribution in [0.4, 0.5) is 0 Å². The van der Waals surface area contributed by atoms with Gasteiger partial charge in [0.1, 0.15) is 0 Å². The van der Waals surface area contributed by atoms with E-state index in [0.717, 1.165) is 13.0 Å². The number of thiophene rings is 1. The van der Waals surface area contributed by atoms with Gasteiger partial charge in [0.05, 0.1) is 3.79 Å². The largest absolute Gasteiger partial charge is 0.307 e. The van der Waals surface area contributed by atoms with Crippen LogP contribution in [0.3, 0.4) is 0 Å². The molecule has 0 bridgehead atoms. The minimum absolute atomic E-state index is 0.107. The van der Waals surface area contributed by atoms with Crippen molar-refractivity contribution in [2.24, 2.45) is 0 Å². The maximum absolute atomic E-state index is 3.62. The van der Waals surface area contributed by atoms with E-state index in [0.29, 0.717) is 0 Å². The molecule has 96 valence electrons. The molecule has 0 aliphatic carbocycles. The van der Waals surface area contributed by atoms with Crippen LogP contribution in [0.25, 0.3) is 0 Å².